The first-order valence-electron chi connectivity index (χ1n) is 9.27. The van der Waals surface area contributed by atoms with Gasteiger partial charge in [0.05, 0.1) is 0 Å². The lowest BCUT2D eigenvalue weighted by Gasteiger charge is -2.16. The highest BCUT2D eigenvalue weighted by Gasteiger charge is 2.29. The number of hydrogen-bond donors (Lipinski definition) is 2. The predicted molar refractivity (Wildman–Crippen MR) is 106 cm³/mol. The third-order valence-electron chi connectivity index (χ3n) is 5.00. The summed E-state index contributed by atoms with van der Waals surface area (Å²) in [5.74, 6) is 0.614. The number of nitrogens with one attached hydrogen (secondary N) is 2. The Kier molecular flexibility index (Phi) is 5.31. The second-order valence-electron chi connectivity index (χ2n) is 7.30. The summed E-state index contributed by atoms with van der Waals surface area (Å²) < 4.78 is 5.74. The van der Waals surface area contributed by atoms with E-state index in [1.807, 2.05) is 0 Å². The van der Waals surface area contributed by atoms with Crippen molar-refractivity contribution < 1.29 is 14.0 Å². The average molecular weight is 432 g/mol. The number of hydrogen-bond acceptors (Lipinski definition) is 4. The number of carbonyl (C=O) groups is 2. The molecule has 2 N–H and O–H groups in total. The topological polar surface area (TPSA) is 74.6 Å². The van der Waals surface area contributed by atoms with E-state index in [1.54, 1.807) is 36.4 Å². The van der Waals surface area contributed by atoms with E-state index >= 15 is 0 Å². The highest BCUT2D eigenvalue weighted by atomic mass is 79.9. The summed E-state index contributed by atoms with van der Waals surface area (Å²) in [4.78, 5) is 27.2. The molecule has 6 nitrogen and oxygen atoms in total. The third kappa shape index (κ3) is 4.78. The van der Waals surface area contributed by atoms with E-state index in [2.05, 4.69) is 31.5 Å². The molecule has 2 aliphatic rings. The molecular weight excluding hydrogens is 410 g/mol. The van der Waals surface area contributed by atoms with Crippen LogP contribution in [0.25, 0.3) is 0 Å². The summed E-state index contributed by atoms with van der Waals surface area (Å²) in [6, 6.07) is 10.4. The first-order valence-corrected chi connectivity index (χ1v) is 10.1. The SMILES string of the molecule is O=C(NC1CCN(CC2CC2)C1)c1cccc(NC(=O)c2ccc(Br)o2)c1. The zero-order valence-corrected chi connectivity index (χ0v) is 16.5. The summed E-state index contributed by atoms with van der Waals surface area (Å²) in [7, 11) is 0. The summed E-state index contributed by atoms with van der Waals surface area (Å²) in [6.07, 6.45) is 3.68. The van der Waals surface area contributed by atoms with E-state index < -0.39 is 0 Å². The number of furan rings is 1. The van der Waals surface area contributed by atoms with Crippen molar-refractivity contribution >= 4 is 33.4 Å². The fourth-order valence-corrected chi connectivity index (χ4v) is 3.72. The van der Waals surface area contributed by atoms with Crippen LogP contribution in [0.3, 0.4) is 0 Å². The van der Waals surface area contributed by atoms with Crippen molar-refractivity contribution in [2.24, 2.45) is 5.92 Å². The molecule has 2 fully saturated rings. The van der Waals surface area contributed by atoms with E-state index in [1.165, 1.54) is 12.8 Å². The van der Waals surface area contributed by atoms with Crippen LogP contribution in [0.2, 0.25) is 0 Å². The Morgan fingerprint density at radius 1 is 1.15 bits per heavy atom. The lowest BCUT2D eigenvalue weighted by molar-refractivity contribution is 0.0936. The molecule has 1 saturated heterocycles. The minimum Gasteiger partial charge on any atom is -0.444 e. The minimum absolute atomic E-state index is 0.106. The second-order valence-corrected chi connectivity index (χ2v) is 8.08. The normalized spacial score (nSPS) is 19.8. The molecule has 1 unspecified atom stereocenters. The van der Waals surface area contributed by atoms with Crippen LogP contribution in [0.5, 0.6) is 0 Å². The van der Waals surface area contributed by atoms with Gasteiger partial charge >= 0.3 is 0 Å². The summed E-state index contributed by atoms with van der Waals surface area (Å²) in [5.41, 5.74) is 1.09. The fraction of sp³-hybridized carbons (Fsp3) is 0.400. The molecule has 0 radical (unpaired) electrons. The molecule has 27 heavy (non-hydrogen) atoms. The van der Waals surface area contributed by atoms with Crippen molar-refractivity contribution in [2.45, 2.75) is 25.3 Å². The van der Waals surface area contributed by atoms with E-state index in [4.69, 9.17) is 4.42 Å². The number of likely N-dealkylation sites (tertiary alicyclic amines) is 1. The summed E-state index contributed by atoms with van der Waals surface area (Å²) in [5, 5.41) is 5.87. The average Bonchev–Trinajstić information content (AvgIpc) is 3.17. The first-order chi connectivity index (χ1) is 13.1. The molecule has 1 aromatic heterocycles. The maximum absolute atomic E-state index is 12.6. The zero-order valence-electron chi connectivity index (χ0n) is 14.9. The predicted octanol–water partition coefficient (Wildman–Crippen LogP) is 3.51. The van der Waals surface area contributed by atoms with Gasteiger partial charge in [0.2, 0.25) is 0 Å². The number of halogens is 1. The Balaban J connectivity index is 1.34. The van der Waals surface area contributed by atoms with E-state index in [9.17, 15) is 9.59 Å². The van der Waals surface area contributed by atoms with E-state index in [0.29, 0.717) is 15.9 Å². The quantitative estimate of drug-likeness (QED) is 0.733. The first kappa shape index (κ1) is 18.3. The number of carbonyl (C=O) groups excluding carboxylic acids is 2. The van der Waals surface area contributed by atoms with Gasteiger partial charge in [-0.05, 0) is 71.4 Å². The maximum atomic E-state index is 12.6. The molecule has 1 aliphatic heterocycles. The number of rotatable bonds is 6. The molecule has 0 spiro atoms. The van der Waals surface area contributed by atoms with Gasteiger partial charge in [0.15, 0.2) is 10.4 Å². The Hall–Kier alpha value is -2.12. The van der Waals surface area contributed by atoms with Gasteiger partial charge in [0.25, 0.3) is 11.8 Å². The molecule has 142 valence electrons. The van der Waals surface area contributed by atoms with Gasteiger partial charge in [0.1, 0.15) is 0 Å². The standard InChI is InChI=1S/C20H22BrN3O3/c21-18-7-6-17(27-18)20(26)22-15-3-1-2-14(10-15)19(25)23-16-8-9-24(12-16)11-13-4-5-13/h1-3,6-7,10,13,16H,4-5,8-9,11-12H2,(H,22,26)(H,23,25). The van der Waals surface area contributed by atoms with E-state index in [-0.39, 0.29) is 23.6 Å². The molecule has 1 atom stereocenters. The Morgan fingerprint density at radius 2 is 2.00 bits per heavy atom. The Bertz CT molecular complexity index is 847. The zero-order chi connectivity index (χ0) is 18.8. The smallest absolute Gasteiger partial charge is 0.291 e. The van der Waals surface area contributed by atoms with Crippen molar-refractivity contribution in [1.82, 2.24) is 10.2 Å². The van der Waals surface area contributed by atoms with Gasteiger partial charge in [-0.3, -0.25) is 9.59 Å². The highest BCUT2D eigenvalue weighted by molar-refractivity contribution is 9.10. The Labute approximate surface area is 166 Å². The van der Waals surface area contributed by atoms with Crippen molar-refractivity contribution in [3.63, 3.8) is 0 Å². The second kappa shape index (κ2) is 7.86. The summed E-state index contributed by atoms with van der Waals surface area (Å²) in [6.45, 7) is 3.14. The molecule has 4 rings (SSSR count). The summed E-state index contributed by atoms with van der Waals surface area (Å²) >= 11 is 3.18. The van der Waals surface area contributed by atoms with Gasteiger partial charge in [-0.1, -0.05) is 6.07 Å². The van der Waals surface area contributed by atoms with Crippen LogP contribution in [0, 0.1) is 5.92 Å². The Morgan fingerprint density at radius 3 is 2.74 bits per heavy atom. The molecule has 1 aliphatic carbocycles. The molecule has 1 aromatic carbocycles. The molecular formula is C20H22BrN3O3. The molecule has 7 heteroatoms. The highest BCUT2D eigenvalue weighted by Crippen LogP contribution is 2.30. The number of amides is 2. The lowest BCUT2D eigenvalue weighted by Crippen LogP contribution is -2.37. The molecule has 2 aromatic rings. The van der Waals surface area contributed by atoms with Gasteiger partial charge < -0.3 is 20.0 Å². The van der Waals surface area contributed by atoms with Crippen LogP contribution in [-0.4, -0.2) is 42.4 Å². The maximum Gasteiger partial charge on any atom is 0.291 e. The van der Waals surface area contributed by atoms with Gasteiger partial charge in [-0.15, -0.1) is 0 Å². The van der Waals surface area contributed by atoms with Crippen LogP contribution in [0.1, 0.15) is 40.2 Å². The van der Waals surface area contributed by atoms with Crippen molar-refractivity contribution in [1.29, 1.82) is 0 Å². The van der Waals surface area contributed by atoms with Crippen molar-refractivity contribution in [2.75, 3.05) is 25.0 Å². The monoisotopic (exact) mass is 431 g/mol. The van der Waals surface area contributed by atoms with Gasteiger partial charge in [-0.2, -0.15) is 0 Å². The van der Waals surface area contributed by atoms with E-state index in [0.717, 1.165) is 32.0 Å². The largest absolute Gasteiger partial charge is 0.444 e. The van der Waals surface area contributed by atoms with Crippen LogP contribution in [-0.2, 0) is 0 Å². The van der Waals surface area contributed by atoms with Crippen molar-refractivity contribution in [3.8, 4) is 0 Å². The van der Waals surface area contributed by atoms with Crippen molar-refractivity contribution in [3.05, 3.63) is 52.4 Å². The van der Waals surface area contributed by atoms with Crippen LogP contribution in [0.4, 0.5) is 5.69 Å². The van der Waals surface area contributed by atoms with Gasteiger partial charge in [-0.25, -0.2) is 0 Å². The molecule has 0 bridgehead atoms. The molecule has 2 heterocycles. The number of benzene rings is 1. The lowest BCUT2D eigenvalue weighted by atomic mass is 10.1. The van der Waals surface area contributed by atoms with Gasteiger partial charge in [0, 0.05) is 36.9 Å². The van der Waals surface area contributed by atoms with Crippen LogP contribution < -0.4 is 10.6 Å². The fourth-order valence-electron chi connectivity index (χ4n) is 3.42. The van der Waals surface area contributed by atoms with Crippen LogP contribution >= 0.6 is 15.9 Å². The third-order valence-corrected chi connectivity index (χ3v) is 5.43. The number of anilines is 1. The molecule has 1 saturated carbocycles. The minimum atomic E-state index is -0.357. The molecule has 2 amide bonds. The van der Waals surface area contributed by atoms with Crippen LogP contribution in [0.15, 0.2) is 45.5 Å². The number of nitrogens with zero attached hydrogens (tertiary/aromatic N) is 1.